The fourth-order valence-corrected chi connectivity index (χ4v) is 9.88. The van der Waals surface area contributed by atoms with Gasteiger partial charge in [-0.2, -0.15) is 0 Å². The number of hydrogen-bond acceptors (Lipinski definition) is 2. The first-order valence-electron chi connectivity index (χ1n) is 19.0. The van der Waals surface area contributed by atoms with E-state index in [1.165, 1.54) is 72.1 Å². The molecule has 2 nitrogen and oxygen atoms in total. The van der Waals surface area contributed by atoms with Gasteiger partial charge in [-0.25, -0.2) is 0 Å². The van der Waals surface area contributed by atoms with E-state index < -0.39 is 5.41 Å². The van der Waals surface area contributed by atoms with Crippen LogP contribution in [0, 0.1) is 0 Å². The van der Waals surface area contributed by atoms with Crippen LogP contribution in [0.2, 0.25) is 0 Å². The third-order valence-electron chi connectivity index (χ3n) is 12.1. The van der Waals surface area contributed by atoms with Gasteiger partial charge < -0.3 is 9.32 Å². The zero-order valence-corrected chi connectivity index (χ0v) is 29.9. The number of para-hydroxylation sites is 2. The molecular weight excluding hydrogens is 667 g/mol. The van der Waals surface area contributed by atoms with Gasteiger partial charge in [0.15, 0.2) is 0 Å². The van der Waals surface area contributed by atoms with Crippen LogP contribution < -0.4 is 4.90 Å². The average molecular weight is 700 g/mol. The maximum Gasteiger partial charge on any atom is 0.137 e. The van der Waals surface area contributed by atoms with Gasteiger partial charge in [0.2, 0.25) is 0 Å². The molecule has 55 heavy (non-hydrogen) atoms. The molecule has 256 valence electrons. The number of rotatable bonds is 4. The monoisotopic (exact) mass is 699 g/mol. The second kappa shape index (κ2) is 11.4. The lowest BCUT2D eigenvalue weighted by molar-refractivity contribution is 0.669. The quantitative estimate of drug-likeness (QED) is 0.182. The second-order valence-corrected chi connectivity index (χ2v) is 14.8. The van der Waals surface area contributed by atoms with E-state index >= 15 is 0 Å². The molecule has 1 aliphatic heterocycles. The molecule has 1 aromatic heterocycles. The SMILES string of the molecule is c1ccc(N2c3cccc4c(-c5ccc6c(c5)-c5ccccc5C6(c5ccccc5)c5ccccc5)ccc(c34)-c3ccc4oc5ccccc5c4c32)cc1. The van der Waals surface area contributed by atoms with E-state index in [0.29, 0.717) is 0 Å². The summed E-state index contributed by atoms with van der Waals surface area (Å²) in [6.07, 6.45) is 0. The van der Waals surface area contributed by atoms with Gasteiger partial charge >= 0.3 is 0 Å². The van der Waals surface area contributed by atoms with Crippen LogP contribution in [0.1, 0.15) is 22.3 Å². The van der Waals surface area contributed by atoms with Crippen molar-refractivity contribution in [3.63, 3.8) is 0 Å². The van der Waals surface area contributed by atoms with Gasteiger partial charge in [0.05, 0.1) is 22.2 Å². The molecule has 10 aromatic rings. The third kappa shape index (κ3) is 4.08. The molecule has 12 rings (SSSR count). The zero-order chi connectivity index (χ0) is 36.1. The Bertz CT molecular complexity index is 3100. The van der Waals surface area contributed by atoms with Crippen molar-refractivity contribution in [3.8, 4) is 33.4 Å². The standard InChI is InChI=1S/C53H33NO/c1-4-15-35(16-5-1)53(36-17-6-2-7-18-36)45-24-12-10-21-39(45)44-33-34(27-31-46(44)53)38-28-29-41-42-30-32-49-51(43-22-11-13-26-48(43)55-49)52(42)54(37-19-8-3-9-20-37)47-25-14-23-40(38)50(41)47/h1-33H. The lowest BCUT2D eigenvalue weighted by Crippen LogP contribution is -2.28. The van der Waals surface area contributed by atoms with Crippen molar-refractivity contribution in [2.45, 2.75) is 5.41 Å². The topological polar surface area (TPSA) is 16.4 Å². The molecule has 2 heteroatoms. The lowest BCUT2D eigenvalue weighted by Gasteiger charge is -2.34. The Balaban J connectivity index is 1.12. The molecule has 2 aliphatic rings. The van der Waals surface area contributed by atoms with Crippen LogP contribution in [0.25, 0.3) is 66.1 Å². The van der Waals surface area contributed by atoms with Gasteiger partial charge in [0.1, 0.15) is 11.2 Å². The Hall–Kier alpha value is -7.16. The normalized spacial score (nSPS) is 13.6. The number of nitrogens with zero attached hydrogens (tertiary/aromatic N) is 1. The van der Waals surface area contributed by atoms with Crippen molar-refractivity contribution >= 4 is 49.8 Å². The summed E-state index contributed by atoms with van der Waals surface area (Å²) in [5.74, 6) is 0. The van der Waals surface area contributed by atoms with Crippen LogP contribution in [0.15, 0.2) is 205 Å². The molecule has 0 bridgehead atoms. The molecule has 0 saturated heterocycles. The van der Waals surface area contributed by atoms with Crippen LogP contribution in [-0.4, -0.2) is 0 Å². The van der Waals surface area contributed by atoms with Crippen molar-refractivity contribution in [2.24, 2.45) is 0 Å². The summed E-state index contributed by atoms with van der Waals surface area (Å²) in [7, 11) is 0. The molecule has 0 saturated carbocycles. The highest BCUT2D eigenvalue weighted by atomic mass is 16.3. The fourth-order valence-electron chi connectivity index (χ4n) is 9.88. The van der Waals surface area contributed by atoms with Gasteiger partial charge in [0, 0.05) is 22.0 Å². The second-order valence-electron chi connectivity index (χ2n) is 14.8. The molecule has 1 aliphatic carbocycles. The van der Waals surface area contributed by atoms with Crippen molar-refractivity contribution in [3.05, 3.63) is 222 Å². The number of hydrogen-bond donors (Lipinski definition) is 0. The van der Waals surface area contributed by atoms with E-state index in [-0.39, 0.29) is 0 Å². The highest BCUT2D eigenvalue weighted by Crippen LogP contribution is 2.58. The third-order valence-corrected chi connectivity index (χ3v) is 12.1. The Morgan fingerprint density at radius 3 is 1.82 bits per heavy atom. The molecule has 0 fully saturated rings. The summed E-state index contributed by atoms with van der Waals surface area (Å²) in [6, 6.07) is 73.3. The van der Waals surface area contributed by atoms with Gasteiger partial charge in [-0.3, -0.25) is 0 Å². The average Bonchev–Trinajstić information content (AvgIpc) is 3.79. The number of benzene rings is 9. The van der Waals surface area contributed by atoms with Crippen LogP contribution in [0.5, 0.6) is 0 Å². The highest BCUT2D eigenvalue weighted by molar-refractivity contribution is 6.24. The maximum absolute atomic E-state index is 6.45. The summed E-state index contributed by atoms with van der Waals surface area (Å²) in [5, 5.41) is 4.76. The van der Waals surface area contributed by atoms with Crippen LogP contribution >= 0.6 is 0 Å². The zero-order valence-electron chi connectivity index (χ0n) is 29.9. The van der Waals surface area contributed by atoms with Crippen molar-refractivity contribution in [1.82, 2.24) is 0 Å². The van der Waals surface area contributed by atoms with E-state index in [1.54, 1.807) is 0 Å². The maximum atomic E-state index is 6.45. The predicted octanol–water partition coefficient (Wildman–Crippen LogP) is 14.2. The van der Waals surface area contributed by atoms with Crippen molar-refractivity contribution in [2.75, 3.05) is 4.90 Å². The number of furan rings is 1. The predicted molar refractivity (Wildman–Crippen MR) is 228 cm³/mol. The van der Waals surface area contributed by atoms with E-state index in [9.17, 15) is 0 Å². The highest BCUT2D eigenvalue weighted by Gasteiger charge is 2.46. The van der Waals surface area contributed by atoms with Gasteiger partial charge in [-0.1, -0.05) is 158 Å². The minimum atomic E-state index is -0.421. The number of fused-ring (bicyclic) bond motifs is 9. The Labute approximate surface area is 319 Å². The smallest absolute Gasteiger partial charge is 0.137 e. The molecule has 0 N–H and O–H groups in total. The van der Waals surface area contributed by atoms with Gasteiger partial charge in [-0.05, 0) is 97.9 Å². The number of anilines is 3. The van der Waals surface area contributed by atoms with E-state index in [2.05, 4.69) is 199 Å². The molecule has 0 radical (unpaired) electrons. The molecule has 9 aromatic carbocycles. The van der Waals surface area contributed by atoms with E-state index in [1.807, 2.05) is 6.07 Å². The molecule has 0 amide bonds. The molecule has 0 spiro atoms. The molecule has 2 heterocycles. The summed E-state index contributed by atoms with van der Waals surface area (Å²) < 4.78 is 6.45. The van der Waals surface area contributed by atoms with Gasteiger partial charge in [0.25, 0.3) is 0 Å². The first-order valence-corrected chi connectivity index (χ1v) is 19.0. The van der Waals surface area contributed by atoms with Crippen LogP contribution in [-0.2, 0) is 5.41 Å². The van der Waals surface area contributed by atoms with Crippen LogP contribution in [0.4, 0.5) is 17.1 Å². The van der Waals surface area contributed by atoms with E-state index in [4.69, 9.17) is 4.42 Å². The first kappa shape index (κ1) is 30.3. The minimum Gasteiger partial charge on any atom is -0.456 e. The summed E-state index contributed by atoms with van der Waals surface area (Å²) in [5.41, 5.74) is 17.5. The molecule has 0 atom stereocenters. The summed E-state index contributed by atoms with van der Waals surface area (Å²) in [4.78, 5) is 2.45. The van der Waals surface area contributed by atoms with Crippen LogP contribution in [0.3, 0.4) is 0 Å². The first-order chi connectivity index (χ1) is 27.3. The summed E-state index contributed by atoms with van der Waals surface area (Å²) in [6.45, 7) is 0. The van der Waals surface area contributed by atoms with Crippen molar-refractivity contribution in [1.29, 1.82) is 0 Å². The minimum absolute atomic E-state index is 0.421. The fraction of sp³-hybridized carbons (Fsp3) is 0.0189. The van der Waals surface area contributed by atoms with Gasteiger partial charge in [-0.15, -0.1) is 0 Å². The Morgan fingerprint density at radius 1 is 0.382 bits per heavy atom. The molecule has 0 unspecified atom stereocenters. The summed E-state index contributed by atoms with van der Waals surface area (Å²) >= 11 is 0. The molecular formula is C53H33NO. The lowest BCUT2D eigenvalue weighted by atomic mass is 9.67. The van der Waals surface area contributed by atoms with Crippen molar-refractivity contribution < 1.29 is 4.42 Å². The van der Waals surface area contributed by atoms with E-state index in [0.717, 1.165) is 33.3 Å². The Kier molecular flexibility index (Phi) is 6.29. The Morgan fingerprint density at radius 2 is 1.02 bits per heavy atom. The largest absolute Gasteiger partial charge is 0.456 e.